The van der Waals surface area contributed by atoms with Crippen LogP contribution < -0.4 is 33.8 Å². The fourth-order valence-electron chi connectivity index (χ4n) is 3.85. The number of nitro groups is 2. The van der Waals surface area contributed by atoms with Gasteiger partial charge in [-0.1, -0.05) is 0 Å². The number of hydrogen-bond donors (Lipinski definition) is 6. The van der Waals surface area contributed by atoms with E-state index in [0.717, 1.165) is 118 Å². The average Bonchev–Trinajstić information content (AvgIpc) is 3.20. The van der Waals surface area contributed by atoms with E-state index in [1.165, 1.54) is 0 Å². The highest BCUT2D eigenvalue weighted by Crippen LogP contribution is 2.38. The molecule has 0 saturated carbocycles. The van der Waals surface area contributed by atoms with Crippen molar-refractivity contribution in [3.63, 3.8) is 0 Å². The molecule has 26 nitrogen and oxygen atoms in total. The van der Waals surface area contributed by atoms with Crippen molar-refractivity contribution in [1.29, 1.82) is 0 Å². The number of ether oxygens (including phenoxy) is 8. The van der Waals surface area contributed by atoms with Gasteiger partial charge in [0.2, 0.25) is 0 Å². The van der Waals surface area contributed by atoms with Gasteiger partial charge in [0.1, 0.15) is 20.2 Å². The highest BCUT2D eigenvalue weighted by molar-refractivity contribution is 7.86. The molecule has 0 aromatic heterocycles. The molecule has 4 heterocycles. The van der Waals surface area contributed by atoms with Gasteiger partial charge in [-0.3, -0.25) is 54.0 Å². The van der Waals surface area contributed by atoms with Gasteiger partial charge in [-0.2, -0.15) is 0 Å². The van der Waals surface area contributed by atoms with E-state index >= 15 is 0 Å². The predicted molar refractivity (Wildman–Crippen MR) is 198 cm³/mol. The monoisotopic (exact) mass is 874 g/mol. The van der Waals surface area contributed by atoms with Crippen molar-refractivity contribution in [3.8, 4) is 11.1 Å². The Morgan fingerprint density at radius 3 is 0.759 bits per heavy atom. The van der Waals surface area contributed by atoms with Crippen LogP contribution in [0.25, 0.3) is 11.1 Å². The van der Waals surface area contributed by atoms with Gasteiger partial charge in [0.15, 0.2) is 0 Å². The largest absolute Gasteiger partial charge is 0.744 e. The van der Waals surface area contributed by atoms with Gasteiger partial charge >= 0.3 is 11.9 Å². The first-order valence-electron chi connectivity index (χ1n) is 16.7. The summed E-state index contributed by atoms with van der Waals surface area (Å²) in [7, 11) is -10.0. The summed E-state index contributed by atoms with van der Waals surface area (Å²) in [4.78, 5) is 18.4. The Kier molecular flexibility index (Phi) is 27.9. The lowest BCUT2D eigenvalue weighted by atomic mass is 10.0. The van der Waals surface area contributed by atoms with Crippen LogP contribution in [0, 0.1) is 20.2 Å². The molecule has 58 heavy (non-hydrogen) atoms. The van der Waals surface area contributed by atoms with E-state index in [1.807, 2.05) is 0 Å². The molecule has 28 heteroatoms. The second-order valence-electron chi connectivity index (χ2n) is 10.7. The molecule has 12 N–H and O–H groups in total. The number of nitro benzene ring substituents is 2. The van der Waals surface area contributed by atoms with Gasteiger partial charge in [0, 0.05) is 12.1 Å². The molecule has 0 bridgehead atoms. The molecule has 0 aliphatic carbocycles. The van der Waals surface area contributed by atoms with Crippen LogP contribution in [0.3, 0.4) is 0 Å². The molecule has 2 aromatic carbocycles. The van der Waals surface area contributed by atoms with E-state index in [1.54, 1.807) is 0 Å². The van der Waals surface area contributed by atoms with Crippen LogP contribution in [0.15, 0.2) is 46.2 Å². The van der Waals surface area contributed by atoms with Crippen LogP contribution in [0.4, 0.5) is 11.4 Å². The molecule has 0 atom stereocenters. The summed E-state index contributed by atoms with van der Waals surface area (Å²) in [5, 5.41) is 31.5. The summed E-state index contributed by atoms with van der Waals surface area (Å²) >= 11 is 0. The Morgan fingerprint density at radius 2 is 0.638 bits per heavy atom. The average molecular weight is 875 g/mol. The smallest absolute Gasteiger partial charge is 0.336 e. The third-order valence-electron chi connectivity index (χ3n) is 6.18. The van der Waals surface area contributed by atoms with Gasteiger partial charge in [0.25, 0.3) is 11.4 Å². The summed E-state index contributed by atoms with van der Waals surface area (Å²) in [6.07, 6.45) is 0. The van der Waals surface area contributed by atoms with Gasteiger partial charge in [-0.15, -0.1) is 0 Å². The van der Waals surface area contributed by atoms with E-state index in [-0.39, 0.29) is 11.9 Å². The van der Waals surface area contributed by atoms with Crippen LogP contribution in [0.5, 0.6) is 0 Å². The first-order chi connectivity index (χ1) is 27.3. The lowest BCUT2D eigenvalue weighted by molar-refractivity contribution is -0.386. The molecule has 4 aliphatic rings. The Balaban J connectivity index is 0.000000807. The molecule has 0 amide bonds. The summed E-state index contributed by atoms with van der Waals surface area (Å²) in [5.41, 5.74) is 15.6. The van der Waals surface area contributed by atoms with Crippen molar-refractivity contribution in [2.24, 2.45) is 22.9 Å². The summed E-state index contributed by atoms with van der Waals surface area (Å²) < 4.78 is 106. The van der Waals surface area contributed by atoms with Crippen molar-refractivity contribution < 1.29 is 84.5 Å². The van der Waals surface area contributed by atoms with Gasteiger partial charge in [-0.25, -0.2) is 16.8 Å². The highest BCUT2D eigenvalue weighted by Gasteiger charge is 2.25. The number of nitrogens with two attached hydrogens (primary N) is 6. The molecular formula is C30H50N8O18S2. The molecule has 6 rings (SSSR count). The minimum atomic E-state index is -5.02. The molecular weight excluding hydrogens is 825 g/mol. The molecule has 4 fully saturated rings. The van der Waals surface area contributed by atoms with Crippen LogP contribution in [-0.4, -0.2) is 153 Å². The van der Waals surface area contributed by atoms with Crippen molar-refractivity contribution in [3.05, 3.63) is 56.6 Å². The fourth-order valence-corrected chi connectivity index (χ4v) is 4.83. The van der Waals surface area contributed by atoms with E-state index < -0.39 is 62.4 Å². The second kappa shape index (κ2) is 30.4. The van der Waals surface area contributed by atoms with Crippen molar-refractivity contribution in [2.75, 3.05) is 106 Å². The lowest BCUT2D eigenvalue weighted by Crippen LogP contribution is -2.51. The first-order valence-corrected chi connectivity index (χ1v) is 19.5. The minimum absolute atomic E-state index is 0.0833. The van der Waals surface area contributed by atoms with Crippen LogP contribution in [-0.2, 0) is 58.1 Å². The molecule has 0 radical (unpaired) electrons. The predicted octanol–water partition coefficient (Wildman–Crippen LogP) is -4.85. The molecule has 4 saturated heterocycles. The SMILES string of the molecule is C1COCCO1.C1COCCO1.C1COCCO1.C1COCCO1.NC(N)=[NH2+].NC(N)=[NH2+].O=[N+]([O-])c1cc(S(=O)(=O)[O-])ccc1-c1ccc(S(=O)(=O)[O-])cc1[N+](=O)[O-]. The second-order valence-corrected chi connectivity index (χ2v) is 13.4. The van der Waals surface area contributed by atoms with E-state index in [0.29, 0.717) is 24.3 Å². The number of hydrogen-bond acceptors (Lipinski definition) is 18. The van der Waals surface area contributed by atoms with Gasteiger partial charge < -0.3 is 47.0 Å². The topological polar surface area (TPSA) is 430 Å². The van der Waals surface area contributed by atoms with Crippen LogP contribution in [0.2, 0.25) is 0 Å². The standard InChI is InChI=1S/C12H8N2O10S2.4C4H8O2.2CH5N3/c15-13(16)11-5-7(25(19,20)21)1-3-9(11)10-4-2-8(26(22,23)24)6-12(10)14(17)18;4*1-2-6-4-3-5-1;2*2-1(3)4/h1-6H,(H,19,20,21)(H,22,23,24);4*1-4H2;2*(H5,2,3,4). The molecule has 0 spiro atoms. The first kappa shape index (κ1) is 53.3. The maximum Gasteiger partial charge on any atom is 0.336 e. The normalized spacial score (nSPS) is 16.1. The Labute approximate surface area is 333 Å². The number of guanidine groups is 2. The quantitative estimate of drug-likeness (QED) is 0.0539. The van der Waals surface area contributed by atoms with E-state index in [2.05, 4.69) is 33.8 Å². The molecule has 4 aliphatic heterocycles. The highest BCUT2D eigenvalue weighted by atomic mass is 32.2. The number of nitrogens with zero attached hydrogens (tertiary/aromatic N) is 2. The molecule has 0 unspecified atom stereocenters. The molecule has 330 valence electrons. The number of benzene rings is 2. The van der Waals surface area contributed by atoms with Crippen LogP contribution in [0.1, 0.15) is 0 Å². The zero-order valence-corrected chi connectivity index (χ0v) is 32.9. The van der Waals surface area contributed by atoms with E-state index in [4.69, 9.17) is 37.9 Å². The minimum Gasteiger partial charge on any atom is -0.744 e. The Hall–Kier alpha value is -4.72. The maximum absolute atomic E-state index is 11.2. The van der Waals surface area contributed by atoms with Gasteiger partial charge in [-0.05, 0) is 24.3 Å². The zero-order valence-electron chi connectivity index (χ0n) is 31.3. The van der Waals surface area contributed by atoms with Crippen LogP contribution >= 0.6 is 0 Å². The Morgan fingerprint density at radius 1 is 0.466 bits per heavy atom. The van der Waals surface area contributed by atoms with Crippen molar-refractivity contribution >= 4 is 43.5 Å². The fraction of sp³-hybridized carbons (Fsp3) is 0.533. The third-order valence-corrected chi connectivity index (χ3v) is 7.84. The van der Waals surface area contributed by atoms with Crippen molar-refractivity contribution in [1.82, 2.24) is 0 Å². The van der Waals surface area contributed by atoms with E-state index in [9.17, 15) is 46.2 Å². The number of rotatable bonds is 5. The summed E-state index contributed by atoms with van der Waals surface area (Å²) in [6, 6.07) is 3.89. The molecule has 2 aromatic rings. The summed E-state index contributed by atoms with van der Waals surface area (Å²) in [5.74, 6) is -0.167. The van der Waals surface area contributed by atoms with Gasteiger partial charge in [0.05, 0.1) is 136 Å². The lowest BCUT2D eigenvalue weighted by Gasteiger charge is -2.11. The Bertz CT molecular complexity index is 1550. The third kappa shape index (κ3) is 27.0. The van der Waals surface area contributed by atoms with Crippen molar-refractivity contribution in [2.45, 2.75) is 9.79 Å². The summed E-state index contributed by atoms with van der Waals surface area (Å²) in [6.45, 7) is 12.4. The maximum atomic E-state index is 11.2. The zero-order chi connectivity index (χ0) is 44.0.